The molecule has 0 bridgehead atoms. The minimum Gasteiger partial charge on any atom is -0.0818 e. The molecular formula is C14H12Cl2S4. The van der Waals surface area contributed by atoms with Gasteiger partial charge in [-0.25, -0.2) is 0 Å². The molecule has 0 fully saturated rings. The van der Waals surface area contributed by atoms with E-state index in [1.807, 2.05) is 0 Å². The van der Waals surface area contributed by atoms with Crippen molar-refractivity contribution in [3.05, 3.63) is 29.7 Å². The van der Waals surface area contributed by atoms with Crippen LogP contribution in [-0.2, 0) is 0 Å². The lowest BCUT2D eigenvalue weighted by molar-refractivity contribution is 1.11. The van der Waals surface area contributed by atoms with Crippen LogP contribution in [0.5, 0.6) is 0 Å². The van der Waals surface area contributed by atoms with E-state index in [4.69, 9.17) is 23.2 Å². The van der Waals surface area contributed by atoms with Crippen molar-refractivity contribution < 1.29 is 0 Å². The number of halogens is 2. The van der Waals surface area contributed by atoms with Crippen molar-refractivity contribution in [2.75, 3.05) is 0 Å². The van der Waals surface area contributed by atoms with Crippen LogP contribution >= 0.6 is 70.2 Å². The average Bonchev–Trinajstić information content (AvgIpc) is 3.00. The fourth-order valence-electron chi connectivity index (χ4n) is 1.79. The van der Waals surface area contributed by atoms with E-state index < -0.39 is 0 Å². The Bertz CT molecular complexity index is 581. The Morgan fingerprint density at radius 1 is 0.600 bits per heavy atom. The van der Waals surface area contributed by atoms with Crippen molar-refractivity contribution in [2.45, 2.75) is 47.3 Å². The van der Waals surface area contributed by atoms with Gasteiger partial charge >= 0.3 is 0 Å². The molecule has 0 amide bonds. The van der Waals surface area contributed by atoms with E-state index in [9.17, 15) is 0 Å². The Balaban J connectivity index is 2.17. The maximum atomic E-state index is 6.64. The molecule has 3 rings (SSSR count). The lowest BCUT2D eigenvalue weighted by Gasteiger charge is -2.08. The molecule has 0 aromatic heterocycles. The van der Waals surface area contributed by atoms with Crippen molar-refractivity contribution >= 4 is 70.2 Å². The van der Waals surface area contributed by atoms with Crippen molar-refractivity contribution in [3.8, 4) is 0 Å². The average molecular weight is 379 g/mol. The fraction of sp³-hybridized carbons (Fsp3) is 0.286. The molecule has 0 aliphatic carbocycles. The molecule has 0 unspecified atom stereocenters. The molecule has 0 spiro atoms. The minimum atomic E-state index is 0.863. The van der Waals surface area contributed by atoms with Crippen LogP contribution in [0.2, 0.25) is 10.0 Å². The summed E-state index contributed by atoms with van der Waals surface area (Å²) >= 11 is 20.3. The molecule has 6 heteroatoms. The topological polar surface area (TPSA) is 0 Å². The number of benzene rings is 1. The SMILES string of the molecule is CC(C)=C1Sc2c(Cl)c3c(c(Cl)c2S1)SC(=C(C)C)S3. The van der Waals surface area contributed by atoms with Crippen molar-refractivity contribution in [3.63, 3.8) is 0 Å². The Kier molecular flexibility index (Phi) is 4.45. The highest BCUT2D eigenvalue weighted by molar-refractivity contribution is 8.25. The van der Waals surface area contributed by atoms with Gasteiger partial charge in [-0.2, -0.15) is 0 Å². The van der Waals surface area contributed by atoms with E-state index in [1.165, 1.54) is 19.6 Å². The lowest BCUT2D eigenvalue weighted by Crippen LogP contribution is -1.83. The van der Waals surface area contributed by atoms with Gasteiger partial charge in [0, 0.05) is 28.1 Å². The highest BCUT2D eigenvalue weighted by Gasteiger charge is 2.33. The zero-order valence-electron chi connectivity index (χ0n) is 11.4. The second kappa shape index (κ2) is 5.71. The Morgan fingerprint density at radius 3 is 1.05 bits per heavy atom. The van der Waals surface area contributed by atoms with Gasteiger partial charge in [0.1, 0.15) is 0 Å². The molecular weight excluding hydrogens is 367 g/mol. The highest BCUT2D eigenvalue weighted by Crippen LogP contribution is 2.65. The molecule has 0 N–H and O–H groups in total. The van der Waals surface area contributed by atoms with Crippen LogP contribution in [0, 0.1) is 0 Å². The highest BCUT2D eigenvalue weighted by atomic mass is 35.5. The van der Waals surface area contributed by atoms with Crippen LogP contribution in [0.4, 0.5) is 0 Å². The largest absolute Gasteiger partial charge is 0.0818 e. The molecule has 1 aromatic rings. The first-order valence-corrected chi connectivity index (χ1v) is 10.0. The predicted molar refractivity (Wildman–Crippen MR) is 96.6 cm³/mol. The molecule has 0 nitrogen and oxygen atoms in total. The molecule has 1 aromatic carbocycles. The van der Waals surface area contributed by atoms with Gasteiger partial charge in [0.25, 0.3) is 0 Å². The summed E-state index contributed by atoms with van der Waals surface area (Å²) in [6.45, 7) is 8.51. The van der Waals surface area contributed by atoms with E-state index in [0.717, 1.165) is 29.6 Å². The van der Waals surface area contributed by atoms with Gasteiger partial charge in [0.15, 0.2) is 0 Å². The predicted octanol–water partition coefficient (Wildman–Crippen LogP) is 7.89. The molecule has 2 aliphatic rings. The summed E-state index contributed by atoms with van der Waals surface area (Å²) < 4.78 is 2.59. The number of allylic oxidation sites excluding steroid dienone is 2. The summed E-state index contributed by atoms with van der Waals surface area (Å²) in [4.78, 5) is 4.50. The van der Waals surface area contributed by atoms with E-state index in [-0.39, 0.29) is 0 Å². The minimum absolute atomic E-state index is 0.863. The Hall–Kier alpha value is 0.680. The van der Waals surface area contributed by atoms with Crippen molar-refractivity contribution in [1.82, 2.24) is 0 Å². The van der Waals surface area contributed by atoms with Crippen LogP contribution in [0.25, 0.3) is 0 Å². The molecule has 2 aliphatic heterocycles. The fourth-order valence-corrected chi connectivity index (χ4v) is 7.92. The smallest absolute Gasteiger partial charge is 0.0709 e. The summed E-state index contributed by atoms with van der Waals surface area (Å²) in [5, 5.41) is 1.73. The zero-order valence-corrected chi connectivity index (χ0v) is 16.2. The second-order valence-corrected chi connectivity index (χ2v) is 10.3. The van der Waals surface area contributed by atoms with Gasteiger partial charge in [0.05, 0.1) is 10.0 Å². The van der Waals surface area contributed by atoms with Crippen molar-refractivity contribution in [1.29, 1.82) is 0 Å². The molecule has 106 valence electrons. The first-order chi connectivity index (χ1) is 9.40. The van der Waals surface area contributed by atoms with Gasteiger partial charge in [-0.1, -0.05) is 81.4 Å². The first kappa shape index (κ1) is 15.6. The van der Waals surface area contributed by atoms with Crippen LogP contribution < -0.4 is 0 Å². The molecule has 0 saturated carbocycles. The maximum Gasteiger partial charge on any atom is 0.0709 e. The number of thioether (sulfide) groups is 4. The third-order valence-electron chi connectivity index (χ3n) is 2.81. The quantitative estimate of drug-likeness (QED) is 0.449. The number of rotatable bonds is 0. The van der Waals surface area contributed by atoms with E-state index >= 15 is 0 Å². The Morgan fingerprint density at radius 2 is 0.850 bits per heavy atom. The third kappa shape index (κ3) is 2.46. The van der Waals surface area contributed by atoms with Gasteiger partial charge in [-0.05, 0) is 27.7 Å². The monoisotopic (exact) mass is 378 g/mol. The van der Waals surface area contributed by atoms with Gasteiger partial charge in [-0.15, -0.1) is 0 Å². The second-order valence-electron chi connectivity index (χ2n) is 4.93. The molecule has 0 atom stereocenters. The first-order valence-electron chi connectivity index (χ1n) is 6.01. The van der Waals surface area contributed by atoms with Gasteiger partial charge in [0.2, 0.25) is 0 Å². The molecule has 0 radical (unpaired) electrons. The summed E-state index contributed by atoms with van der Waals surface area (Å²) in [6, 6.07) is 0. The normalized spacial score (nSPS) is 16.5. The standard InChI is InChI=1S/C14H12Cl2S4/c1-5(2)13-17-9-7(15)11-12(8(16)10(9)18-13)20-14(19-11)6(3)4/h1-4H3. The van der Waals surface area contributed by atoms with Crippen LogP contribution in [0.3, 0.4) is 0 Å². The lowest BCUT2D eigenvalue weighted by atomic mass is 10.3. The molecule has 2 heterocycles. The van der Waals surface area contributed by atoms with Crippen LogP contribution in [-0.4, -0.2) is 0 Å². The summed E-state index contributed by atoms with van der Waals surface area (Å²) in [5.74, 6) is 0. The summed E-state index contributed by atoms with van der Waals surface area (Å²) in [5.41, 5.74) is 2.63. The van der Waals surface area contributed by atoms with E-state index in [2.05, 4.69) is 27.7 Å². The summed E-state index contributed by atoms with van der Waals surface area (Å²) in [7, 11) is 0. The van der Waals surface area contributed by atoms with Crippen LogP contribution in [0.15, 0.2) is 39.2 Å². The van der Waals surface area contributed by atoms with E-state index in [1.54, 1.807) is 47.0 Å². The Labute approximate surface area is 146 Å². The number of hydrogen-bond donors (Lipinski definition) is 0. The van der Waals surface area contributed by atoms with Gasteiger partial charge in [-0.3, -0.25) is 0 Å². The van der Waals surface area contributed by atoms with Crippen LogP contribution in [0.1, 0.15) is 27.7 Å². The summed E-state index contributed by atoms with van der Waals surface area (Å²) in [6.07, 6.45) is 0. The zero-order chi connectivity index (χ0) is 14.6. The number of hydrogen-bond acceptors (Lipinski definition) is 4. The number of fused-ring (bicyclic) bond motifs is 2. The third-order valence-corrected chi connectivity index (χ3v) is 10.1. The molecule has 20 heavy (non-hydrogen) atoms. The van der Waals surface area contributed by atoms with Gasteiger partial charge < -0.3 is 0 Å². The maximum absolute atomic E-state index is 6.64. The van der Waals surface area contributed by atoms with Crippen molar-refractivity contribution in [2.24, 2.45) is 0 Å². The van der Waals surface area contributed by atoms with E-state index in [0.29, 0.717) is 0 Å². The molecule has 0 saturated heterocycles.